The first-order chi connectivity index (χ1) is 6.84. The Morgan fingerprint density at radius 2 is 2.21 bits per heavy atom. The van der Waals surface area contributed by atoms with Crippen LogP contribution in [-0.4, -0.2) is 6.54 Å². The van der Waals surface area contributed by atoms with Gasteiger partial charge in [0.05, 0.1) is 0 Å². The molecule has 0 amide bonds. The van der Waals surface area contributed by atoms with E-state index in [2.05, 4.69) is 26.0 Å². The van der Waals surface area contributed by atoms with E-state index in [4.69, 9.17) is 5.53 Å². The van der Waals surface area contributed by atoms with Crippen LogP contribution in [0.15, 0.2) is 39.9 Å². The largest absolute Gasteiger partial charge is 0.0937 e. The van der Waals surface area contributed by atoms with Crippen LogP contribution >= 0.6 is 15.9 Å². The smallest absolute Gasteiger partial charge is 0.0292 e. The highest BCUT2D eigenvalue weighted by Crippen LogP contribution is 2.17. The summed E-state index contributed by atoms with van der Waals surface area (Å²) in [6.45, 7) is 0.511. The Balaban J connectivity index is 2.51. The van der Waals surface area contributed by atoms with Crippen molar-refractivity contribution >= 4 is 22.0 Å². The van der Waals surface area contributed by atoms with Gasteiger partial charge >= 0.3 is 0 Å². The minimum atomic E-state index is 0.511. The van der Waals surface area contributed by atoms with E-state index in [1.54, 1.807) is 0 Å². The Hall–Kier alpha value is -1.25. The molecule has 0 radical (unpaired) electrons. The SMILES string of the molecule is [N-]=[N+]=NCCC=Cc1ccccc1Br. The number of hydrogen-bond acceptors (Lipinski definition) is 1. The Labute approximate surface area is 91.2 Å². The molecule has 0 heterocycles. The van der Waals surface area contributed by atoms with E-state index >= 15 is 0 Å². The number of rotatable bonds is 4. The van der Waals surface area contributed by atoms with E-state index in [0.29, 0.717) is 6.54 Å². The molecule has 14 heavy (non-hydrogen) atoms. The van der Waals surface area contributed by atoms with Crippen molar-refractivity contribution < 1.29 is 0 Å². The van der Waals surface area contributed by atoms with Gasteiger partial charge in [-0.1, -0.05) is 51.4 Å². The maximum absolute atomic E-state index is 8.05. The zero-order chi connectivity index (χ0) is 10.2. The molecule has 0 fully saturated rings. The molecule has 0 aromatic heterocycles. The second-order valence-electron chi connectivity index (χ2n) is 2.67. The average Bonchev–Trinajstić information content (AvgIpc) is 2.20. The molecule has 0 saturated heterocycles. The summed E-state index contributed by atoms with van der Waals surface area (Å²) in [6, 6.07) is 7.97. The van der Waals surface area contributed by atoms with Gasteiger partial charge in [0, 0.05) is 15.9 Å². The van der Waals surface area contributed by atoms with Crippen LogP contribution in [0.2, 0.25) is 0 Å². The Bertz CT molecular complexity index is 367. The highest BCUT2D eigenvalue weighted by atomic mass is 79.9. The lowest BCUT2D eigenvalue weighted by atomic mass is 10.2. The first-order valence-electron chi connectivity index (χ1n) is 4.26. The van der Waals surface area contributed by atoms with E-state index < -0.39 is 0 Å². The molecule has 0 aliphatic carbocycles. The van der Waals surface area contributed by atoms with Crippen LogP contribution in [0, 0.1) is 0 Å². The summed E-state index contributed by atoms with van der Waals surface area (Å²) in [5, 5.41) is 3.44. The maximum atomic E-state index is 8.05. The third kappa shape index (κ3) is 3.64. The second-order valence-corrected chi connectivity index (χ2v) is 3.52. The van der Waals surface area contributed by atoms with Crippen molar-refractivity contribution in [1.29, 1.82) is 0 Å². The predicted octanol–water partition coefficient (Wildman–Crippen LogP) is 4.16. The lowest BCUT2D eigenvalue weighted by Gasteiger charge is -1.95. The van der Waals surface area contributed by atoms with Crippen molar-refractivity contribution in [1.82, 2.24) is 0 Å². The van der Waals surface area contributed by atoms with Gasteiger partial charge in [-0.15, -0.1) is 0 Å². The molecular weight excluding hydrogens is 242 g/mol. The van der Waals surface area contributed by atoms with Gasteiger partial charge in [0.15, 0.2) is 0 Å². The van der Waals surface area contributed by atoms with Crippen LogP contribution < -0.4 is 0 Å². The normalized spacial score (nSPS) is 10.1. The van der Waals surface area contributed by atoms with Crippen molar-refractivity contribution in [2.45, 2.75) is 6.42 Å². The van der Waals surface area contributed by atoms with Gasteiger partial charge in [-0.3, -0.25) is 0 Å². The molecule has 72 valence electrons. The molecule has 0 N–H and O–H groups in total. The van der Waals surface area contributed by atoms with Crippen LogP contribution in [0.1, 0.15) is 12.0 Å². The molecule has 3 nitrogen and oxygen atoms in total. The third-order valence-corrected chi connectivity index (χ3v) is 2.38. The fourth-order valence-corrected chi connectivity index (χ4v) is 1.41. The molecule has 0 unspecified atom stereocenters. The highest BCUT2D eigenvalue weighted by Gasteiger charge is 1.91. The Kier molecular flexibility index (Phi) is 4.83. The molecule has 0 aliphatic rings. The quantitative estimate of drug-likeness (QED) is 0.334. The fraction of sp³-hybridized carbons (Fsp3) is 0.200. The summed E-state index contributed by atoms with van der Waals surface area (Å²) in [4.78, 5) is 2.68. The summed E-state index contributed by atoms with van der Waals surface area (Å²) < 4.78 is 1.07. The van der Waals surface area contributed by atoms with E-state index in [1.165, 1.54) is 0 Å². The second kappa shape index (κ2) is 6.24. The van der Waals surface area contributed by atoms with Crippen LogP contribution in [0.25, 0.3) is 16.5 Å². The lowest BCUT2D eigenvalue weighted by molar-refractivity contribution is 0.995. The standard InChI is InChI=1S/C10H10BrN3/c11-10-7-2-1-5-9(10)6-3-4-8-13-14-12/h1-3,5-7H,4,8H2. The minimum absolute atomic E-state index is 0.511. The molecule has 4 heteroatoms. The molecule has 0 spiro atoms. The first-order valence-corrected chi connectivity index (χ1v) is 5.06. The molecule has 1 aromatic rings. The summed E-state index contributed by atoms with van der Waals surface area (Å²) in [7, 11) is 0. The van der Waals surface area contributed by atoms with Crippen molar-refractivity contribution in [3.63, 3.8) is 0 Å². The molecule has 0 aliphatic heterocycles. The van der Waals surface area contributed by atoms with Gasteiger partial charge in [0.2, 0.25) is 0 Å². The summed E-state index contributed by atoms with van der Waals surface area (Å²) >= 11 is 3.45. The lowest BCUT2D eigenvalue weighted by Crippen LogP contribution is -1.75. The third-order valence-electron chi connectivity index (χ3n) is 1.66. The molecule has 1 aromatic carbocycles. The highest BCUT2D eigenvalue weighted by molar-refractivity contribution is 9.10. The number of halogens is 1. The van der Waals surface area contributed by atoms with E-state index in [0.717, 1.165) is 16.5 Å². The number of azide groups is 1. The zero-order valence-corrected chi connectivity index (χ0v) is 9.18. The molecule has 0 atom stereocenters. The summed E-state index contributed by atoms with van der Waals surface area (Å²) in [5.41, 5.74) is 9.19. The molecule has 0 saturated carbocycles. The van der Waals surface area contributed by atoms with Gasteiger partial charge in [0.25, 0.3) is 0 Å². The average molecular weight is 252 g/mol. The van der Waals surface area contributed by atoms with Crippen LogP contribution in [0.5, 0.6) is 0 Å². The van der Waals surface area contributed by atoms with Crippen molar-refractivity contribution in [3.8, 4) is 0 Å². The summed E-state index contributed by atoms with van der Waals surface area (Å²) in [6.07, 6.45) is 4.77. The minimum Gasteiger partial charge on any atom is -0.0937 e. The molecule has 1 rings (SSSR count). The van der Waals surface area contributed by atoms with Crippen LogP contribution in [0.3, 0.4) is 0 Å². The van der Waals surface area contributed by atoms with Gasteiger partial charge in [-0.05, 0) is 23.6 Å². The fourth-order valence-electron chi connectivity index (χ4n) is 0.998. The van der Waals surface area contributed by atoms with Crippen molar-refractivity contribution in [2.24, 2.45) is 5.11 Å². The first kappa shape index (κ1) is 10.8. The van der Waals surface area contributed by atoms with Gasteiger partial charge in [0.1, 0.15) is 0 Å². The maximum Gasteiger partial charge on any atom is 0.0292 e. The Morgan fingerprint density at radius 1 is 1.43 bits per heavy atom. The van der Waals surface area contributed by atoms with E-state index in [-0.39, 0.29) is 0 Å². The predicted molar refractivity (Wildman–Crippen MR) is 61.8 cm³/mol. The van der Waals surface area contributed by atoms with Gasteiger partial charge in [-0.2, -0.15) is 0 Å². The van der Waals surface area contributed by atoms with Crippen molar-refractivity contribution in [2.75, 3.05) is 6.54 Å². The number of benzene rings is 1. The van der Waals surface area contributed by atoms with Crippen molar-refractivity contribution in [3.05, 3.63) is 50.8 Å². The Morgan fingerprint density at radius 3 is 2.93 bits per heavy atom. The van der Waals surface area contributed by atoms with Crippen LogP contribution in [-0.2, 0) is 0 Å². The number of nitrogens with zero attached hydrogens (tertiary/aromatic N) is 3. The summed E-state index contributed by atoms with van der Waals surface area (Å²) in [5.74, 6) is 0. The van der Waals surface area contributed by atoms with Gasteiger partial charge in [-0.25, -0.2) is 0 Å². The molecule has 0 bridgehead atoms. The number of hydrogen-bond donors (Lipinski definition) is 0. The monoisotopic (exact) mass is 251 g/mol. The van der Waals surface area contributed by atoms with Crippen LogP contribution in [0.4, 0.5) is 0 Å². The zero-order valence-electron chi connectivity index (χ0n) is 7.60. The topological polar surface area (TPSA) is 48.8 Å². The molecular formula is C10H10BrN3. The van der Waals surface area contributed by atoms with Gasteiger partial charge < -0.3 is 0 Å². The van der Waals surface area contributed by atoms with E-state index in [9.17, 15) is 0 Å². The van der Waals surface area contributed by atoms with E-state index in [1.807, 2.05) is 36.4 Å².